The molecule has 1 rings (SSSR count). The molecule has 1 heterocycles. The van der Waals surface area contributed by atoms with Crippen LogP contribution >= 0.6 is 0 Å². The molecule has 0 bridgehead atoms. The summed E-state index contributed by atoms with van der Waals surface area (Å²) in [4.78, 5) is 51.5. The third kappa shape index (κ3) is 11.0. The first-order valence-corrected chi connectivity index (χ1v) is 10.6. The van der Waals surface area contributed by atoms with Crippen molar-refractivity contribution in [3.8, 4) is 0 Å². The Bertz CT molecular complexity index is 795. The molecule has 174 valence electrons. The second-order valence-corrected chi connectivity index (χ2v) is 7.53. The van der Waals surface area contributed by atoms with Gasteiger partial charge in [-0.3, -0.25) is 19.4 Å². The third-order valence-electron chi connectivity index (χ3n) is 4.93. The van der Waals surface area contributed by atoms with E-state index in [-0.39, 0.29) is 42.5 Å². The molecule has 0 aliphatic carbocycles. The first-order valence-electron chi connectivity index (χ1n) is 10.6. The standard InChI is InChI=1S/C20H33N5O6/c21-17-13(18(29)25-20(22)24-17)9-7-5-3-1-2-4-6-8-10-15(26)23-14(19(30)31)11-12-16(27)28/h14H,1-12H2,(H,23,26)(H,27,28)(H,30,31)(H5,21,22,24,25,29)/t14-/m0/s1. The van der Waals surface area contributed by atoms with E-state index in [1.807, 2.05) is 0 Å². The van der Waals surface area contributed by atoms with E-state index in [4.69, 9.17) is 21.7 Å². The van der Waals surface area contributed by atoms with E-state index in [1.54, 1.807) is 0 Å². The zero-order valence-electron chi connectivity index (χ0n) is 17.7. The van der Waals surface area contributed by atoms with Gasteiger partial charge in [-0.25, -0.2) is 4.79 Å². The molecule has 11 heteroatoms. The van der Waals surface area contributed by atoms with Crippen molar-refractivity contribution in [3.63, 3.8) is 0 Å². The molecule has 0 radical (unpaired) electrons. The average Bonchev–Trinajstić information content (AvgIpc) is 2.67. The number of carboxylic acids is 2. The van der Waals surface area contributed by atoms with E-state index < -0.39 is 18.0 Å². The van der Waals surface area contributed by atoms with Crippen LogP contribution in [0.2, 0.25) is 0 Å². The number of carbonyl (C=O) groups excluding carboxylic acids is 1. The highest BCUT2D eigenvalue weighted by Crippen LogP contribution is 2.13. The number of rotatable bonds is 16. The Balaban J connectivity index is 2.07. The Kier molecular flexibility index (Phi) is 11.7. The molecule has 31 heavy (non-hydrogen) atoms. The number of aliphatic carboxylic acids is 2. The summed E-state index contributed by atoms with van der Waals surface area (Å²) in [6.07, 6.45) is 7.77. The number of carboxylic acid groups (broad SMARTS) is 2. The molecule has 0 spiro atoms. The summed E-state index contributed by atoms with van der Waals surface area (Å²) in [6.45, 7) is 0. The van der Waals surface area contributed by atoms with Crippen LogP contribution in [-0.4, -0.2) is 44.1 Å². The van der Waals surface area contributed by atoms with Crippen LogP contribution in [0, 0.1) is 0 Å². The highest BCUT2D eigenvalue weighted by molar-refractivity contribution is 5.83. The number of aromatic nitrogens is 2. The second kappa shape index (κ2) is 14.0. The summed E-state index contributed by atoms with van der Waals surface area (Å²) in [5.41, 5.74) is 11.3. The van der Waals surface area contributed by atoms with Gasteiger partial charge in [0.15, 0.2) is 0 Å². The summed E-state index contributed by atoms with van der Waals surface area (Å²) < 4.78 is 0. The minimum atomic E-state index is -1.23. The zero-order valence-corrected chi connectivity index (χ0v) is 17.7. The smallest absolute Gasteiger partial charge is 0.326 e. The Hall–Kier alpha value is -3.11. The number of carbonyl (C=O) groups is 3. The third-order valence-corrected chi connectivity index (χ3v) is 4.93. The van der Waals surface area contributed by atoms with Gasteiger partial charge in [-0.1, -0.05) is 38.5 Å². The SMILES string of the molecule is Nc1nc(N)c(CCCCCCCCCCC(=O)N[C@@H](CCC(=O)O)C(=O)O)c(=O)[nH]1. The number of nitrogens with two attached hydrogens (primary N) is 2. The highest BCUT2D eigenvalue weighted by Gasteiger charge is 2.20. The van der Waals surface area contributed by atoms with Gasteiger partial charge in [0.2, 0.25) is 11.9 Å². The Morgan fingerprint density at radius 3 is 2.06 bits per heavy atom. The number of hydrogen-bond donors (Lipinski definition) is 6. The first-order chi connectivity index (χ1) is 14.7. The summed E-state index contributed by atoms with van der Waals surface area (Å²) in [5, 5.41) is 20.0. The molecule has 11 nitrogen and oxygen atoms in total. The molecule has 0 aliphatic heterocycles. The van der Waals surface area contributed by atoms with Gasteiger partial charge >= 0.3 is 11.9 Å². The number of unbranched alkanes of at least 4 members (excludes halogenated alkanes) is 7. The van der Waals surface area contributed by atoms with Crippen LogP contribution in [0.3, 0.4) is 0 Å². The van der Waals surface area contributed by atoms with Crippen LogP contribution in [0.4, 0.5) is 11.8 Å². The molecule has 8 N–H and O–H groups in total. The van der Waals surface area contributed by atoms with E-state index in [0.29, 0.717) is 18.4 Å². The number of hydrogen-bond acceptors (Lipinski definition) is 7. The van der Waals surface area contributed by atoms with Gasteiger partial charge in [-0.05, 0) is 25.7 Å². The molecule has 0 fully saturated rings. The zero-order chi connectivity index (χ0) is 23.2. The topological polar surface area (TPSA) is 201 Å². The molecule has 0 saturated carbocycles. The van der Waals surface area contributed by atoms with E-state index in [9.17, 15) is 19.2 Å². The first kappa shape index (κ1) is 25.9. The fourth-order valence-electron chi connectivity index (χ4n) is 3.21. The molecule has 1 atom stereocenters. The molecule has 1 aromatic rings. The summed E-state index contributed by atoms with van der Waals surface area (Å²) in [7, 11) is 0. The number of amides is 1. The van der Waals surface area contributed by atoms with Crippen molar-refractivity contribution in [2.45, 2.75) is 83.1 Å². The number of aromatic amines is 1. The van der Waals surface area contributed by atoms with Crippen LogP contribution in [0.5, 0.6) is 0 Å². The van der Waals surface area contributed by atoms with Crippen molar-refractivity contribution < 1.29 is 24.6 Å². The number of nitrogens with zero attached hydrogens (tertiary/aromatic N) is 1. The van der Waals surface area contributed by atoms with Gasteiger partial charge in [0, 0.05) is 12.8 Å². The molecule has 0 unspecified atom stereocenters. The van der Waals surface area contributed by atoms with Gasteiger partial charge in [0.1, 0.15) is 11.9 Å². The van der Waals surface area contributed by atoms with Gasteiger partial charge in [-0.2, -0.15) is 4.98 Å². The van der Waals surface area contributed by atoms with Crippen molar-refractivity contribution >= 4 is 29.6 Å². The summed E-state index contributed by atoms with van der Waals surface area (Å²) >= 11 is 0. The largest absolute Gasteiger partial charge is 0.481 e. The van der Waals surface area contributed by atoms with Crippen molar-refractivity contribution in [2.75, 3.05) is 11.5 Å². The van der Waals surface area contributed by atoms with Crippen LogP contribution in [0.25, 0.3) is 0 Å². The van der Waals surface area contributed by atoms with Crippen molar-refractivity contribution in [3.05, 3.63) is 15.9 Å². The van der Waals surface area contributed by atoms with Crippen molar-refractivity contribution in [1.29, 1.82) is 0 Å². The number of nitrogens with one attached hydrogen (secondary N) is 2. The second-order valence-electron chi connectivity index (χ2n) is 7.53. The number of nitrogen functional groups attached to an aromatic ring is 2. The van der Waals surface area contributed by atoms with Gasteiger partial charge < -0.3 is 27.0 Å². The summed E-state index contributed by atoms with van der Waals surface area (Å²) in [6, 6.07) is -1.17. The monoisotopic (exact) mass is 439 g/mol. The van der Waals surface area contributed by atoms with Crippen LogP contribution in [-0.2, 0) is 20.8 Å². The lowest BCUT2D eigenvalue weighted by atomic mass is 10.0. The van der Waals surface area contributed by atoms with Crippen LogP contribution in [0.1, 0.15) is 76.2 Å². The number of anilines is 2. The maximum Gasteiger partial charge on any atom is 0.326 e. The average molecular weight is 440 g/mol. The van der Waals surface area contributed by atoms with Crippen molar-refractivity contribution in [1.82, 2.24) is 15.3 Å². The predicted molar refractivity (Wildman–Crippen MR) is 115 cm³/mol. The number of H-pyrrole nitrogens is 1. The van der Waals surface area contributed by atoms with Gasteiger partial charge in [0.25, 0.3) is 5.56 Å². The molecular weight excluding hydrogens is 406 g/mol. The lowest BCUT2D eigenvalue weighted by Gasteiger charge is -2.13. The normalized spacial score (nSPS) is 11.7. The lowest BCUT2D eigenvalue weighted by Crippen LogP contribution is -2.41. The minimum absolute atomic E-state index is 0.0172. The Morgan fingerprint density at radius 1 is 0.935 bits per heavy atom. The highest BCUT2D eigenvalue weighted by atomic mass is 16.4. The molecular formula is C20H33N5O6. The fraction of sp³-hybridized carbons (Fsp3) is 0.650. The molecule has 0 aliphatic rings. The van der Waals surface area contributed by atoms with Crippen molar-refractivity contribution in [2.24, 2.45) is 0 Å². The van der Waals surface area contributed by atoms with Gasteiger partial charge in [0.05, 0.1) is 5.56 Å². The molecule has 1 amide bonds. The van der Waals surface area contributed by atoms with Gasteiger partial charge in [-0.15, -0.1) is 0 Å². The Labute approximate surface area is 180 Å². The quantitative estimate of drug-likeness (QED) is 0.206. The predicted octanol–water partition coefficient (Wildman–Crippen LogP) is 1.42. The Morgan fingerprint density at radius 2 is 1.52 bits per heavy atom. The van der Waals surface area contributed by atoms with Crippen LogP contribution < -0.4 is 22.3 Å². The van der Waals surface area contributed by atoms with E-state index in [2.05, 4.69) is 15.3 Å². The van der Waals surface area contributed by atoms with E-state index >= 15 is 0 Å². The molecule has 0 aromatic carbocycles. The van der Waals surface area contributed by atoms with E-state index in [1.165, 1.54) is 0 Å². The van der Waals surface area contributed by atoms with E-state index in [0.717, 1.165) is 44.9 Å². The lowest BCUT2D eigenvalue weighted by molar-refractivity contribution is -0.143. The maximum absolute atomic E-state index is 11.8. The minimum Gasteiger partial charge on any atom is -0.481 e. The fourth-order valence-corrected chi connectivity index (χ4v) is 3.21. The summed E-state index contributed by atoms with van der Waals surface area (Å²) in [5.74, 6) is -2.50. The molecule has 0 saturated heterocycles. The maximum atomic E-state index is 11.8. The van der Waals surface area contributed by atoms with Crippen LogP contribution in [0.15, 0.2) is 4.79 Å². The molecule has 1 aromatic heterocycles.